The Morgan fingerprint density at radius 2 is 1.84 bits per heavy atom. The van der Waals surface area contributed by atoms with Crippen LogP contribution in [0.15, 0.2) is 63.8 Å². The van der Waals surface area contributed by atoms with Crippen molar-refractivity contribution in [3.05, 3.63) is 81.4 Å². The number of rotatable bonds is 6. The second-order valence-electron chi connectivity index (χ2n) is 5.37. The monoisotopic (exact) mass is 371 g/mol. The molecule has 4 aromatic rings. The van der Waals surface area contributed by atoms with Gasteiger partial charge in [-0.15, -0.1) is 22.7 Å². The molecule has 1 N–H and O–H groups in total. The van der Waals surface area contributed by atoms with E-state index in [1.165, 1.54) is 12.1 Å². The summed E-state index contributed by atoms with van der Waals surface area (Å²) in [5.41, 5.74) is 0.988. The van der Waals surface area contributed by atoms with Gasteiger partial charge in [-0.1, -0.05) is 29.4 Å². The highest BCUT2D eigenvalue weighted by Gasteiger charge is 2.17. The number of benzene rings is 1. The summed E-state index contributed by atoms with van der Waals surface area (Å²) >= 11 is 3.22. The summed E-state index contributed by atoms with van der Waals surface area (Å²) < 4.78 is 18.6. The summed E-state index contributed by atoms with van der Waals surface area (Å²) in [5, 5.41) is 11.4. The third-order valence-electron chi connectivity index (χ3n) is 3.70. The van der Waals surface area contributed by atoms with Gasteiger partial charge < -0.3 is 4.52 Å². The molecular weight excluding hydrogens is 357 g/mol. The quantitative estimate of drug-likeness (QED) is 0.525. The first kappa shape index (κ1) is 16.1. The van der Waals surface area contributed by atoms with Gasteiger partial charge in [0.15, 0.2) is 0 Å². The van der Waals surface area contributed by atoms with Crippen molar-refractivity contribution < 1.29 is 8.91 Å². The summed E-state index contributed by atoms with van der Waals surface area (Å²) in [6.45, 7) is 0.429. The summed E-state index contributed by atoms with van der Waals surface area (Å²) in [6, 6.07) is 14.4. The average Bonchev–Trinajstić information content (AvgIpc) is 3.39. The van der Waals surface area contributed by atoms with E-state index in [0.29, 0.717) is 18.3 Å². The fourth-order valence-corrected chi connectivity index (χ4v) is 3.99. The van der Waals surface area contributed by atoms with Crippen LogP contribution in [-0.2, 0) is 6.54 Å². The Morgan fingerprint density at radius 3 is 2.56 bits per heavy atom. The SMILES string of the molecule is Fc1ccc(C(NCc2nc(-c3cccs3)no2)c2cccs2)cc1. The molecule has 25 heavy (non-hydrogen) atoms. The summed E-state index contributed by atoms with van der Waals surface area (Å²) in [5.74, 6) is 0.875. The topological polar surface area (TPSA) is 51.0 Å². The molecule has 0 aliphatic heterocycles. The van der Waals surface area contributed by atoms with Gasteiger partial charge in [-0.3, -0.25) is 5.32 Å². The Balaban J connectivity index is 1.52. The maximum Gasteiger partial charge on any atom is 0.240 e. The van der Waals surface area contributed by atoms with E-state index in [1.807, 2.05) is 29.0 Å². The average molecular weight is 371 g/mol. The van der Waals surface area contributed by atoms with Crippen LogP contribution < -0.4 is 5.32 Å². The van der Waals surface area contributed by atoms with Gasteiger partial charge in [0.25, 0.3) is 0 Å². The molecular formula is C18H14FN3OS2. The van der Waals surface area contributed by atoms with Crippen molar-refractivity contribution in [2.45, 2.75) is 12.6 Å². The number of halogens is 1. The molecule has 0 fully saturated rings. The van der Waals surface area contributed by atoms with Crippen LogP contribution in [0.5, 0.6) is 0 Å². The summed E-state index contributed by atoms with van der Waals surface area (Å²) in [4.78, 5) is 6.55. The predicted octanol–water partition coefficient (Wildman–Crippen LogP) is 4.88. The van der Waals surface area contributed by atoms with Crippen molar-refractivity contribution in [3.8, 4) is 10.7 Å². The van der Waals surface area contributed by atoms with Gasteiger partial charge >= 0.3 is 0 Å². The van der Waals surface area contributed by atoms with Gasteiger partial charge in [0.05, 0.1) is 17.5 Å². The summed E-state index contributed by atoms with van der Waals surface area (Å²) in [6.07, 6.45) is 0. The highest BCUT2D eigenvalue weighted by molar-refractivity contribution is 7.13. The van der Waals surface area contributed by atoms with E-state index in [4.69, 9.17) is 4.52 Å². The highest BCUT2D eigenvalue weighted by atomic mass is 32.1. The first-order valence-electron chi connectivity index (χ1n) is 7.68. The first-order valence-corrected chi connectivity index (χ1v) is 9.44. The molecule has 0 spiro atoms. The lowest BCUT2D eigenvalue weighted by molar-refractivity contribution is 0.363. The predicted molar refractivity (Wildman–Crippen MR) is 97.0 cm³/mol. The lowest BCUT2D eigenvalue weighted by atomic mass is 10.1. The highest BCUT2D eigenvalue weighted by Crippen LogP contribution is 2.27. The van der Waals surface area contributed by atoms with E-state index >= 15 is 0 Å². The van der Waals surface area contributed by atoms with Crippen LogP contribution in [-0.4, -0.2) is 10.1 Å². The second kappa shape index (κ2) is 7.26. The number of nitrogens with zero attached hydrogens (tertiary/aromatic N) is 2. The van der Waals surface area contributed by atoms with E-state index in [9.17, 15) is 4.39 Å². The molecule has 0 bridgehead atoms. The molecule has 0 saturated heterocycles. The number of aromatic nitrogens is 2. The Morgan fingerprint density at radius 1 is 1.04 bits per heavy atom. The molecule has 4 rings (SSSR count). The van der Waals surface area contributed by atoms with Crippen LogP contribution in [0.2, 0.25) is 0 Å². The zero-order valence-corrected chi connectivity index (χ0v) is 14.7. The molecule has 126 valence electrons. The Hall–Kier alpha value is -2.35. The molecule has 1 aromatic carbocycles. The second-order valence-corrected chi connectivity index (χ2v) is 7.30. The van der Waals surface area contributed by atoms with Crippen LogP contribution in [0.25, 0.3) is 10.7 Å². The molecule has 7 heteroatoms. The van der Waals surface area contributed by atoms with E-state index in [0.717, 1.165) is 15.3 Å². The molecule has 4 nitrogen and oxygen atoms in total. The molecule has 0 amide bonds. The third-order valence-corrected chi connectivity index (χ3v) is 5.50. The lowest BCUT2D eigenvalue weighted by Crippen LogP contribution is -2.21. The maximum absolute atomic E-state index is 13.2. The third kappa shape index (κ3) is 3.68. The van der Waals surface area contributed by atoms with Crippen LogP contribution in [0.1, 0.15) is 22.4 Å². The van der Waals surface area contributed by atoms with Crippen molar-refractivity contribution >= 4 is 22.7 Å². The van der Waals surface area contributed by atoms with E-state index in [2.05, 4.69) is 21.5 Å². The number of hydrogen-bond donors (Lipinski definition) is 1. The molecule has 0 aliphatic carbocycles. The number of nitrogens with one attached hydrogen (secondary N) is 1. The molecule has 1 unspecified atom stereocenters. The van der Waals surface area contributed by atoms with Crippen molar-refractivity contribution in [1.82, 2.24) is 15.5 Å². The minimum absolute atomic E-state index is 0.0577. The van der Waals surface area contributed by atoms with E-state index in [-0.39, 0.29) is 11.9 Å². The van der Waals surface area contributed by atoms with Crippen molar-refractivity contribution in [1.29, 1.82) is 0 Å². The van der Waals surface area contributed by atoms with Gasteiger partial charge in [-0.2, -0.15) is 4.98 Å². The van der Waals surface area contributed by atoms with Crippen LogP contribution in [0.3, 0.4) is 0 Å². The first-order chi connectivity index (χ1) is 12.3. The number of thiophene rings is 2. The zero-order valence-electron chi connectivity index (χ0n) is 13.1. The van der Waals surface area contributed by atoms with E-state index in [1.54, 1.807) is 34.8 Å². The van der Waals surface area contributed by atoms with Gasteiger partial charge in [-0.05, 0) is 40.6 Å². The molecule has 3 aromatic heterocycles. The van der Waals surface area contributed by atoms with Gasteiger partial charge in [0.2, 0.25) is 11.7 Å². The molecule has 1 atom stereocenters. The molecule has 3 heterocycles. The van der Waals surface area contributed by atoms with Crippen LogP contribution in [0, 0.1) is 5.82 Å². The van der Waals surface area contributed by atoms with Gasteiger partial charge in [0, 0.05) is 4.88 Å². The zero-order chi connectivity index (χ0) is 17.1. The van der Waals surface area contributed by atoms with Crippen molar-refractivity contribution in [2.24, 2.45) is 0 Å². The maximum atomic E-state index is 13.2. The molecule has 0 aliphatic rings. The van der Waals surface area contributed by atoms with Crippen LogP contribution in [0.4, 0.5) is 4.39 Å². The fraction of sp³-hybridized carbons (Fsp3) is 0.111. The smallest absolute Gasteiger partial charge is 0.240 e. The van der Waals surface area contributed by atoms with Gasteiger partial charge in [0.1, 0.15) is 5.82 Å². The minimum atomic E-state index is -0.244. The van der Waals surface area contributed by atoms with E-state index < -0.39 is 0 Å². The molecule has 0 saturated carbocycles. The number of hydrogen-bond acceptors (Lipinski definition) is 6. The Kier molecular flexibility index (Phi) is 4.69. The minimum Gasteiger partial charge on any atom is -0.338 e. The van der Waals surface area contributed by atoms with Crippen LogP contribution >= 0.6 is 22.7 Å². The lowest BCUT2D eigenvalue weighted by Gasteiger charge is -2.17. The van der Waals surface area contributed by atoms with Crippen molar-refractivity contribution in [3.63, 3.8) is 0 Å². The summed E-state index contributed by atoms with van der Waals surface area (Å²) in [7, 11) is 0. The normalized spacial score (nSPS) is 12.4. The Bertz CT molecular complexity index is 918. The molecule has 0 radical (unpaired) electrons. The standard InChI is InChI=1S/C18H14FN3OS2/c19-13-7-5-12(6-8-13)17(14-3-1-9-24-14)20-11-16-21-18(22-23-16)15-4-2-10-25-15/h1-10,17,20H,11H2. The van der Waals surface area contributed by atoms with Crippen molar-refractivity contribution in [2.75, 3.05) is 0 Å². The Labute approximate surface area is 152 Å². The fourth-order valence-electron chi connectivity index (χ4n) is 2.52. The largest absolute Gasteiger partial charge is 0.338 e. The van der Waals surface area contributed by atoms with Gasteiger partial charge in [-0.25, -0.2) is 4.39 Å².